The van der Waals surface area contributed by atoms with Crippen LogP contribution >= 0.6 is 12.4 Å². The van der Waals surface area contributed by atoms with Gasteiger partial charge in [-0.15, -0.1) is 12.4 Å². The molecule has 2 heterocycles. The minimum atomic E-state index is 0. The zero-order chi connectivity index (χ0) is 19.3. The van der Waals surface area contributed by atoms with Gasteiger partial charge in [-0.25, -0.2) is 0 Å². The summed E-state index contributed by atoms with van der Waals surface area (Å²) in [5.74, 6) is 0.710. The highest BCUT2D eigenvalue weighted by Gasteiger charge is 2.14. The van der Waals surface area contributed by atoms with Crippen LogP contribution in [0.2, 0.25) is 0 Å². The standard InChI is InChI=1S/C24H25N3O.ClH/c1-18-13-24(27-11-4-2-3-5-12-27)22-10-9-20(15-23(22)26-18)17-28-21-8-6-7-19(14-21)16-25;/h6-10,13-15H,2-5,11-12,17H2,1H3;1H. The monoisotopic (exact) mass is 407 g/mol. The van der Waals surface area contributed by atoms with Crippen molar-refractivity contribution in [3.05, 3.63) is 65.4 Å². The molecule has 0 unspecified atom stereocenters. The van der Waals surface area contributed by atoms with E-state index in [1.165, 1.54) is 36.8 Å². The number of anilines is 1. The van der Waals surface area contributed by atoms with Crippen molar-refractivity contribution in [3.8, 4) is 11.8 Å². The van der Waals surface area contributed by atoms with Crippen LogP contribution in [0.25, 0.3) is 10.9 Å². The van der Waals surface area contributed by atoms with Gasteiger partial charge in [-0.05, 0) is 55.7 Å². The van der Waals surface area contributed by atoms with Crippen molar-refractivity contribution in [2.45, 2.75) is 39.2 Å². The molecule has 150 valence electrons. The number of hydrogen-bond acceptors (Lipinski definition) is 4. The molecule has 1 aromatic heterocycles. The average Bonchev–Trinajstić information content (AvgIpc) is 3.01. The quantitative estimate of drug-likeness (QED) is 0.548. The van der Waals surface area contributed by atoms with Gasteiger partial charge < -0.3 is 9.64 Å². The van der Waals surface area contributed by atoms with Gasteiger partial charge in [0.2, 0.25) is 0 Å². The molecule has 0 radical (unpaired) electrons. The molecule has 0 amide bonds. The maximum atomic E-state index is 9.02. The van der Waals surface area contributed by atoms with Crippen LogP contribution in [-0.2, 0) is 6.61 Å². The van der Waals surface area contributed by atoms with E-state index in [0.29, 0.717) is 17.9 Å². The van der Waals surface area contributed by atoms with Crippen LogP contribution in [0.15, 0.2) is 48.5 Å². The largest absolute Gasteiger partial charge is 0.489 e. The van der Waals surface area contributed by atoms with Gasteiger partial charge in [0.05, 0.1) is 17.1 Å². The van der Waals surface area contributed by atoms with Crippen molar-refractivity contribution in [3.63, 3.8) is 0 Å². The molecule has 5 heteroatoms. The van der Waals surface area contributed by atoms with Crippen LogP contribution in [-0.4, -0.2) is 18.1 Å². The Morgan fingerprint density at radius 2 is 1.83 bits per heavy atom. The molecule has 1 aliphatic heterocycles. The predicted octanol–water partition coefficient (Wildman–Crippen LogP) is 5.80. The number of benzene rings is 2. The number of pyridine rings is 1. The number of fused-ring (bicyclic) bond motifs is 1. The molecule has 4 nitrogen and oxygen atoms in total. The lowest BCUT2D eigenvalue weighted by Gasteiger charge is -2.24. The fourth-order valence-corrected chi connectivity index (χ4v) is 3.87. The molecule has 2 aromatic carbocycles. The molecule has 0 bridgehead atoms. The maximum Gasteiger partial charge on any atom is 0.121 e. The molecule has 0 spiro atoms. The molecule has 0 saturated carbocycles. The average molecular weight is 408 g/mol. The van der Waals surface area contributed by atoms with Crippen molar-refractivity contribution < 1.29 is 4.74 Å². The lowest BCUT2D eigenvalue weighted by atomic mass is 10.1. The van der Waals surface area contributed by atoms with Crippen LogP contribution in [0, 0.1) is 18.3 Å². The number of aromatic nitrogens is 1. The van der Waals surface area contributed by atoms with Gasteiger partial charge in [-0.3, -0.25) is 4.98 Å². The summed E-state index contributed by atoms with van der Waals surface area (Å²) in [7, 11) is 0. The van der Waals surface area contributed by atoms with Crippen molar-refractivity contribution >= 4 is 29.0 Å². The first-order valence-electron chi connectivity index (χ1n) is 10.0. The minimum Gasteiger partial charge on any atom is -0.489 e. The van der Waals surface area contributed by atoms with Crippen molar-refractivity contribution in [1.82, 2.24) is 4.98 Å². The Balaban J connectivity index is 0.00000240. The molecule has 1 aliphatic rings. The lowest BCUT2D eigenvalue weighted by Crippen LogP contribution is -2.24. The Kier molecular flexibility index (Phi) is 6.95. The fourth-order valence-electron chi connectivity index (χ4n) is 3.87. The van der Waals surface area contributed by atoms with Gasteiger partial charge in [0.25, 0.3) is 0 Å². The smallest absolute Gasteiger partial charge is 0.121 e. The first kappa shape index (κ1) is 21.0. The molecule has 1 saturated heterocycles. The van der Waals surface area contributed by atoms with Crippen LogP contribution < -0.4 is 9.64 Å². The van der Waals surface area contributed by atoms with E-state index in [4.69, 9.17) is 15.0 Å². The Hall–Kier alpha value is -2.77. The molecular formula is C24H26ClN3O. The summed E-state index contributed by atoms with van der Waals surface area (Å²) in [5.41, 5.74) is 5.06. The summed E-state index contributed by atoms with van der Waals surface area (Å²) in [6, 6.07) is 18.0. The van der Waals surface area contributed by atoms with E-state index < -0.39 is 0 Å². The SMILES string of the molecule is Cc1cc(N2CCCCCC2)c2ccc(COc3cccc(C#N)c3)cc2n1.Cl. The van der Waals surface area contributed by atoms with Crippen LogP contribution in [0.4, 0.5) is 5.69 Å². The highest BCUT2D eigenvalue weighted by molar-refractivity contribution is 5.92. The normalized spacial score (nSPS) is 14.0. The Morgan fingerprint density at radius 1 is 1.03 bits per heavy atom. The second kappa shape index (κ2) is 9.62. The van der Waals surface area contributed by atoms with Gasteiger partial charge in [0.15, 0.2) is 0 Å². The number of halogens is 1. The Morgan fingerprint density at radius 3 is 2.59 bits per heavy atom. The van der Waals surface area contributed by atoms with Crippen LogP contribution in [0.3, 0.4) is 0 Å². The van der Waals surface area contributed by atoms with Crippen LogP contribution in [0.1, 0.15) is 42.5 Å². The van der Waals surface area contributed by atoms with Gasteiger partial charge in [0.1, 0.15) is 12.4 Å². The number of aryl methyl sites for hydroxylation is 1. The number of nitriles is 1. The maximum absolute atomic E-state index is 9.02. The second-order valence-corrected chi connectivity index (χ2v) is 7.46. The van der Waals surface area contributed by atoms with E-state index in [-0.39, 0.29) is 12.4 Å². The Bertz CT molecular complexity index is 1020. The summed E-state index contributed by atoms with van der Waals surface area (Å²) in [5, 5.41) is 10.2. The molecular weight excluding hydrogens is 382 g/mol. The minimum absolute atomic E-state index is 0. The molecule has 0 aliphatic carbocycles. The highest BCUT2D eigenvalue weighted by Crippen LogP contribution is 2.29. The third-order valence-corrected chi connectivity index (χ3v) is 5.30. The van der Waals surface area contributed by atoms with E-state index in [1.807, 2.05) is 12.1 Å². The summed E-state index contributed by atoms with van der Waals surface area (Å²) in [6.07, 6.45) is 5.17. The van der Waals surface area contributed by atoms with E-state index in [2.05, 4.69) is 42.2 Å². The first-order valence-corrected chi connectivity index (χ1v) is 10.0. The fraction of sp³-hybridized carbons (Fsp3) is 0.333. The summed E-state index contributed by atoms with van der Waals surface area (Å²) in [6.45, 7) is 4.77. The zero-order valence-electron chi connectivity index (χ0n) is 16.7. The van der Waals surface area contributed by atoms with Crippen molar-refractivity contribution in [1.29, 1.82) is 5.26 Å². The van der Waals surface area contributed by atoms with Crippen molar-refractivity contribution in [2.75, 3.05) is 18.0 Å². The van der Waals surface area contributed by atoms with E-state index >= 15 is 0 Å². The lowest BCUT2D eigenvalue weighted by molar-refractivity contribution is 0.306. The first-order chi connectivity index (χ1) is 13.7. The second-order valence-electron chi connectivity index (χ2n) is 7.46. The van der Waals surface area contributed by atoms with E-state index in [9.17, 15) is 0 Å². The predicted molar refractivity (Wildman–Crippen MR) is 120 cm³/mol. The third-order valence-electron chi connectivity index (χ3n) is 5.30. The molecule has 0 atom stereocenters. The van der Waals surface area contributed by atoms with Gasteiger partial charge in [-0.1, -0.05) is 31.0 Å². The van der Waals surface area contributed by atoms with Gasteiger partial charge >= 0.3 is 0 Å². The van der Waals surface area contributed by atoms with Crippen LogP contribution in [0.5, 0.6) is 5.75 Å². The number of rotatable bonds is 4. The number of nitrogens with zero attached hydrogens (tertiary/aromatic N) is 3. The highest BCUT2D eigenvalue weighted by atomic mass is 35.5. The third kappa shape index (κ3) is 4.99. The number of ether oxygens (including phenoxy) is 1. The molecule has 0 N–H and O–H groups in total. The van der Waals surface area contributed by atoms with Gasteiger partial charge in [0, 0.05) is 29.9 Å². The topological polar surface area (TPSA) is 49.1 Å². The van der Waals surface area contributed by atoms with Crippen molar-refractivity contribution in [2.24, 2.45) is 0 Å². The van der Waals surface area contributed by atoms with E-state index in [0.717, 1.165) is 29.9 Å². The summed E-state index contributed by atoms with van der Waals surface area (Å²) < 4.78 is 5.89. The molecule has 3 aromatic rings. The summed E-state index contributed by atoms with van der Waals surface area (Å²) >= 11 is 0. The number of hydrogen-bond donors (Lipinski definition) is 0. The molecule has 4 rings (SSSR count). The molecule has 29 heavy (non-hydrogen) atoms. The molecule has 1 fully saturated rings. The summed E-state index contributed by atoms with van der Waals surface area (Å²) in [4.78, 5) is 7.29. The zero-order valence-corrected chi connectivity index (χ0v) is 17.5. The van der Waals surface area contributed by atoms with E-state index in [1.54, 1.807) is 12.1 Å². The van der Waals surface area contributed by atoms with Gasteiger partial charge in [-0.2, -0.15) is 5.26 Å². The Labute approximate surface area is 178 Å².